The summed E-state index contributed by atoms with van der Waals surface area (Å²) in [5, 5.41) is 17.3. The highest BCUT2D eigenvalue weighted by atomic mass is 16.3. The first-order valence-electron chi connectivity index (χ1n) is 8.58. The summed E-state index contributed by atoms with van der Waals surface area (Å²) in [5.74, 6) is 0.525. The molecule has 2 heterocycles. The predicted molar refractivity (Wildman–Crippen MR) is 90.4 cm³/mol. The Labute approximate surface area is 142 Å². The van der Waals surface area contributed by atoms with Crippen LogP contribution in [0, 0.1) is 5.92 Å². The van der Waals surface area contributed by atoms with Crippen LogP contribution in [-0.4, -0.2) is 44.0 Å². The van der Waals surface area contributed by atoms with Gasteiger partial charge >= 0.3 is 0 Å². The maximum absolute atomic E-state index is 12.5. The van der Waals surface area contributed by atoms with Gasteiger partial charge in [-0.1, -0.05) is 29.5 Å². The standard InChI is InChI=1S/C18H24N4O2/c1-2-22-12-17(19-20-22)18(24)21-9-7-14(8-10-21)11-15-5-3-4-6-16(15)13-23/h3-6,12,14,23H,2,7-11,13H2,1H3. The van der Waals surface area contributed by atoms with E-state index in [1.165, 1.54) is 5.56 Å². The normalized spacial score (nSPS) is 15.7. The molecule has 1 amide bonds. The zero-order valence-corrected chi connectivity index (χ0v) is 14.1. The lowest BCUT2D eigenvalue weighted by Gasteiger charge is -2.31. The van der Waals surface area contributed by atoms with Gasteiger partial charge in [0.1, 0.15) is 0 Å². The molecule has 128 valence electrons. The van der Waals surface area contributed by atoms with Gasteiger partial charge in [-0.15, -0.1) is 5.10 Å². The molecule has 0 bridgehead atoms. The second-order valence-electron chi connectivity index (χ2n) is 6.33. The molecule has 0 radical (unpaired) electrons. The van der Waals surface area contributed by atoms with Crippen molar-refractivity contribution in [3.8, 4) is 0 Å². The maximum Gasteiger partial charge on any atom is 0.276 e. The van der Waals surface area contributed by atoms with E-state index in [-0.39, 0.29) is 12.5 Å². The summed E-state index contributed by atoms with van der Waals surface area (Å²) < 4.78 is 1.67. The molecule has 0 unspecified atom stereocenters. The lowest BCUT2D eigenvalue weighted by molar-refractivity contribution is 0.0684. The highest BCUT2D eigenvalue weighted by Crippen LogP contribution is 2.24. The van der Waals surface area contributed by atoms with Gasteiger partial charge in [0.2, 0.25) is 0 Å². The lowest BCUT2D eigenvalue weighted by atomic mass is 9.88. The number of carbonyl (C=O) groups excluding carboxylic acids is 1. The fourth-order valence-corrected chi connectivity index (χ4v) is 3.28. The van der Waals surface area contributed by atoms with E-state index in [1.807, 2.05) is 30.0 Å². The number of benzene rings is 1. The third-order valence-electron chi connectivity index (χ3n) is 4.78. The third kappa shape index (κ3) is 3.64. The van der Waals surface area contributed by atoms with Crippen LogP contribution in [0.1, 0.15) is 41.4 Å². The molecule has 6 heteroatoms. The Hall–Kier alpha value is -2.21. The number of piperidine rings is 1. The van der Waals surface area contributed by atoms with Gasteiger partial charge in [0, 0.05) is 19.6 Å². The van der Waals surface area contributed by atoms with Crippen LogP contribution < -0.4 is 0 Å². The summed E-state index contributed by atoms with van der Waals surface area (Å²) in [6.07, 6.45) is 4.64. The number of rotatable bonds is 5. The summed E-state index contributed by atoms with van der Waals surface area (Å²) >= 11 is 0. The number of aliphatic hydroxyl groups is 1. The molecule has 1 aromatic heterocycles. The average Bonchev–Trinajstić information content (AvgIpc) is 3.11. The average molecular weight is 328 g/mol. The number of likely N-dealkylation sites (tertiary alicyclic amines) is 1. The van der Waals surface area contributed by atoms with Crippen molar-refractivity contribution < 1.29 is 9.90 Å². The Morgan fingerprint density at radius 1 is 1.25 bits per heavy atom. The molecular formula is C18H24N4O2. The number of aryl methyl sites for hydroxylation is 1. The monoisotopic (exact) mass is 328 g/mol. The lowest BCUT2D eigenvalue weighted by Crippen LogP contribution is -2.39. The van der Waals surface area contributed by atoms with Gasteiger partial charge in [-0.05, 0) is 43.2 Å². The van der Waals surface area contributed by atoms with Crippen LogP contribution in [0.4, 0.5) is 0 Å². The highest BCUT2D eigenvalue weighted by molar-refractivity contribution is 5.91. The summed E-state index contributed by atoms with van der Waals surface area (Å²) in [6.45, 7) is 4.28. The van der Waals surface area contributed by atoms with Gasteiger partial charge in [-0.3, -0.25) is 9.48 Å². The molecule has 1 aromatic carbocycles. The van der Waals surface area contributed by atoms with E-state index in [4.69, 9.17) is 0 Å². The zero-order chi connectivity index (χ0) is 16.9. The molecule has 3 rings (SSSR count). The van der Waals surface area contributed by atoms with Crippen molar-refractivity contribution >= 4 is 5.91 Å². The van der Waals surface area contributed by atoms with E-state index < -0.39 is 0 Å². The molecule has 0 aliphatic carbocycles. The van der Waals surface area contributed by atoms with Crippen molar-refractivity contribution in [1.82, 2.24) is 19.9 Å². The molecule has 2 aromatic rings. The van der Waals surface area contributed by atoms with Crippen LogP contribution in [0.5, 0.6) is 0 Å². The van der Waals surface area contributed by atoms with Crippen molar-refractivity contribution in [2.45, 2.75) is 39.3 Å². The molecule has 0 atom stereocenters. The number of nitrogens with zero attached hydrogens (tertiary/aromatic N) is 4. The minimum atomic E-state index is -0.0242. The van der Waals surface area contributed by atoms with Crippen LogP contribution in [-0.2, 0) is 19.6 Å². The number of aliphatic hydroxyl groups excluding tert-OH is 1. The molecule has 0 saturated carbocycles. The first kappa shape index (κ1) is 16.6. The van der Waals surface area contributed by atoms with E-state index in [1.54, 1.807) is 10.9 Å². The van der Waals surface area contributed by atoms with Crippen molar-refractivity contribution in [3.63, 3.8) is 0 Å². The first-order valence-corrected chi connectivity index (χ1v) is 8.58. The minimum absolute atomic E-state index is 0.0242. The van der Waals surface area contributed by atoms with Gasteiger partial charge in [0.25, 0.3) is 5.91 Å². The Morgan fingerprint density at radius 2 is 1.96 bits per heavy atom. The van der Waals surface area contributed by atoms with Crippen LogP contribution in [0.2, 0.25) is 0 Å². The quantitative estimate of drug-likeness (QED) is 0.910. The molecule has 1 fully saturated rings. The van der Waals surface area contributed by atoms with Crippen LogP contribution in [0.25, 0.3) is 0 Å². The SMILES string of the molecule is CCn1cc(C(=O)N2CCC(Cc3ccccc3CO)CC2)nn1. The van der Waals surface area contributed by atoms with Crippen molar-refractivity contribution in [1.29, 1.82) is 0 Å². The van der Waals surface area contributed by atoms with Gasteiger partial charge in [0.05, 0.1) is 12.8 Å². The van der Waals surface area contributed by atoms with E-state index in [2.05, 4.69) is 16.4 Å². The molecule has 6 nitrogen and oxygen atoms in total. The number of hydrogen-bond acceptors (Lipinski definition) is 4. The zero-order valence-electron chi connectivity index (χ0n) is 14.1. The minimum Gasteiger partial charge on any atom is -0.392 e. The molecular weight excluding hydrogens is 304 g/mol. The third-order valence-corrected chi connectivity index (χ3v) is 4.78. The van der Waals surface area contributed by atoms with Crippen molar-refractivity contribution in [3.05, 3.63) is 47.3 Å². The predicted octanol–water partition coefficient (Wildman–Crippen LogP) is 1.89. The summed E-state index contributed by atoms with van der Waals surface area (Å²) in [4.78, 5) is 14.3. The fraction of sp³-hybridized carbons (Fsp3) is 0.500. The molecule has 24 heavy (non-hydrogen) atoms. The highest BCUT2D eigenvalue weighted by Gasteiger charge is 2.25. The Bertz CT molecular complexity index is 690. The number of hydrogen-bond donors (Lipinski definition) is 1. The first-order chi connectivity index (χ1) is 11.7. The second-order valence-corrected chi connectivity index (χ2v) is 6.33. The van der Waals surface area contributed by atoms with E-state index >= 15 is 0 Å². The van der Waals surface area contributed by atoms with Gasteiger partial charge in [-0.2, -0.15) is 0 Å². The Morgan fingerprint density at radius 3 is 2.58 bits per heavy atom. The maximum atomic E-state index is 12.5. The number of amides is 1. The molecule has 1 saturated heterocycles. The summed E-state index contributed by atoms with van der Waals surface area (Å²) in [6, 6.07) is 8.04. The van der Waals surface area contributed by atoms with Crippen LogP contribution >= 0.6 is 0 Å². The van der Waals surface area contributed by atoms with Gasteiger partial charge < -0.3 is 10.0 Å². The fourth-order valence-electron chi connectivity index (χ4n) is 3.28. The second kappa shape index (κ2) is 7.57. The van der Waals surface area contributed by atoms with Crippen LogP contribution in [0.3, 0.4) is 0 Å². The topological polar surface area (TPSA) is 71.2 Å². The Kier molecular flexibility index (Phi) is 5.25. The Balaban J connectivity index is 1.56. The van der Waals surface area contributed by atoms with Gasteiger partial charge in [0.15, 0.2) is 5.69 Å². The summed E-state index contributed by atoms with van der Waals surface area (Å²) in [7, 11) is 0. The molecule has 0 spiro atoms. The smallest absolute Gasteiger partial charge is 0.276 e. The van der Waals surface area contributed by atoms with Crippen molar-refractivity contribution in [2.75, 3.05) is 13.1 Å². The van der Waals surface area contributed by atoms with Crippen molar-refractivity contribution in [2.24, 2.45) is 5.92 Å². The van der Waals surface area contributed by atoms with E-state index in [0.717, 1.165) is 37.9 Å². The number of carbonyl (C=O) groups is 1. The number of aromatic nitrogens is 3. The van der Waals surface area contributed by atoms with Gasteiger partial charge in [-0.25, -0.2) is 0 Å². The molecule has 1 N–H and O–H groups in total. The van der Waals surface area contributed by atoms with E-state index in [9.17, 15) is 9.90 Å². The van der Waals surface area contributed by atoms with Crippen LogP contribution in [0.15, 0.2) is 30.5 Å². The molecule has 1 aliphatic heterocycles. The molecule has 1 aliphatic rings. The summed E-state index contributed by atoms with van der Waals surface area (Å²) in [5.41, 5.74) is 2.66. The van der Waals surface area contributed by atoms with E-state index in [0.29, 0.717) is 18.2 Å². The largest absolute Gasteiger partial charge is 0.392 e.